The maximum Gasteiger partial charge on any atom is 0.322 e. The summed E-state index contributed by atoms with van der Waals surface area (Å²) in [5.74, 6) is 0.0721. The molecule has 94 valence electrons. The highest BCUT2D eigenvalue weighted by Crippen LogP contribution is 2.27. The molecule has 1 aromatic heterocycles. The molecule has 1 aromatic rings. The fourth-order valence-corrected chi connectivity index (χ4v) is 2.40. The lowest BCUT2D eigenvalue weighted by Crippen LogP contribution is -2.55. The summed E-state index contributed by atoms with van der Waals surface area (Å²) in [4.78, 5) is 13.3. The fraction of sp³-hybridized carbons (Fsp3) is 0.583. The molecular formula is C12H18N2O3. The Balaban J connectivity index is 2.19. The molecule has 0 spiro atoms. The largest absolute Gasteiger partial charge is 0.480 e. The van der Waals surface area contributed by atoms with Crippen LogP contribution in [-0.2, 0) is 4.79 Å². The predicted molar refractivity (Wildman–Crippen MR) is 62.7 cm³/mol. The van der Waals surface area contributed by atoms with Crippen molar-refractivity contribution in [1.29, 1.82) is 0 Å². The molecule has 1 aliphatic rings. The molecule has 2 rings (SSSR count). The first kappa shape index (κ1) is 12.1. The smallest absolute Gasteiger partial charge is 0.322 e. The average Bonchev–Trinajstić information content (AvgIpc) is 2.84. The summed E-state index contributed by atoms with van der Waals surface area (Å²) in [6, 6.07) is 3.33. The minimum absolute atomic E-state index is 0.0493. The van der Waals surface area contributed by atoms with Crippen molar-refractivity contribution in [1.82, 2.24) is 10.2 Å². The van der Waals surface area contributed by atoms with Crippen LogP contribution in [0.3, 0.4) is 0 Å². The normalized spacial score (nSPS) is 23.5. The van der Waals surface area contributed by atoms with Crippen LogP contribution in [0.1, 0.15) is 25.1 Å². The van der Waals surface area contributed by atoms with Crippen LogP contribution in [0.15, 0.2) is 22.8 Å². The van der Waals surface area contributed by atoms with Gasteiger partial charge in [-0.3, -0.25) is 9.69 Å². The van der Waals surface area contributed by atoms with Crippen molar-refractivity contribution in [3.05, 3.63) is 24.2 Å². The molecule has 0 bridgehead atoms. The Morgan fingerprint density at radius 2 is 2.59 bits per heavy atom. The zero-order valence-corrected chi connectivity index (χ0v) is 9.93. The highest BCUT2D eigenvalue weighted by Gasteiger charge is 2.34. The maximum atomic E-state index is 11.2. The van der Waals surface area contributed by atoms with Crippen molar-refractivity contribution < 1.29 is 14.3 Å². The number of hydrogen-bond acceptors (Lipinski definition) is 4. The summed E-state index contributed by atoms with van der Waals surface area (Å²) >= 11 is 0. The Morgan fingerprint density at radius 3 is 3.18 bits per heavy atom. The van der Waals surface area contributed by atoms with Crippen molar-refractivity contribution in [2.75, 3.05) is 19.6 Å². The second-order valence-corrected chi connectivity index (χ2v) is 4.24. The lowest BCUT2D eigenvalue weighted by molar-refractivity contribution is -0.145. The van der Waals surface area contributed by atoms with Gasteiger partial charge in [0.25, 0.3) is 0 Å². The van der Waals surface area contributed by atoms with E-state index in [2.05, 4.69) is 5.32 Å². The summed E-state index contributed by atoms with van der Waals surface area (Å²) in [5.41, 5.74) is 0. The fourth-order valence-electron chi connectivity index (χ4n) is 2.40. The number of carboxylic acid groups (broad SMARTS) is 1. The molecule has 0 amide bonds. The zero-order chi connectivity index (χ0) is 12.3. The van der Waals surface area contributed by atoms with Crippen molar-refractivity contribution in [2.24, 2.45) is 0 Å². The van der Waals surface area contributed by atoms with Crippen molar-refractivity contribution in [3.63, 3.8) is 0 Å². The van der Waals surface area contributed by atoms with Gasteiger partial charge in [-0.25, -0.2) is 0 Å². The molecule has 2 heterocycles. The van der Waals surface area contributed by atoms with Gasteiger partial charge in [0.1, 0.15) is 11.8 Å². The average molecular weight is 238 g/mol. The van der Waals surface area contributed by atoms with E-state index in [0.717, 1.165) is 25.3 Å². The van der Waals surface area contributed by atoms with E-state index in [-0.39, 0.29) is 6.04 Å². The van der Waals surface area contributed by atoms with Crippen LogP contribution in [0.4, 0.5) is 0 Å². The molecule has 5 nitrogen and oxygen atoms in total. The van der Waals surface area contributed by atoms with Crippen molar-refractivity contribution in [3.8, 4) is 0 Å². The van der Waals surface area contributed by atoms with E-state index in [1.807, 2.05) is 24.0 Å². The van der Waals surface area contributed by atoms with Gasteiger partial charge in [0.2, 0.25) is 0 Å². The zero-order valence-electron chi connectivity index (χ0n) is 9.93. The molecule has 0 saturated carbocycles. The molecule has 17 heavy (non-hydrogen) atoms. The maximum absolute atomic E-state index is 11.2. The molecule has 1 aliphatic heterocycles. The summed E-state index contributed by atoms with van der Waals surface area (Å²) in [7, 11) is 0. The van der Waals surface area contributed by atoms with Crippen LogP contribution >= 0.6 is 0 Å². The first-order chi connectivity index (χ1) is 8.24. The quantitative estimate of drug-likeness (QED) is 0.822. The van der Waals surface area contributed by atoms with E-state index in [9.17, 15) is 9.90 Å². The van der Waals surface area contributed by atoms with E-state index in [1.54, 1.807) is 6.26 Å². The summed E-state index contributed by atoms with van der Waals surface area (Å²) in [6.45, 7) is 4.10. The number of nitrogens with one attached hydrogen (secondary N) is 1. The van der Waals surface area contributed by atoms with Crippen molar-refractivity contribution >= 4 is 5.97 Å². The first-order valence-corrected chi connectivity index (χ1v) is 5.96. The van der Waals surface area contributed by atoms with Crippen LogP contribution in [0.2, 0.25) is 0 Å². The highest BCUT2D eigenvalue weighted by atomic mass is 16.4. The Kier molecular flexibility index (Phi) is 3.81. The van der Waals surface area contributed by atoms with E-state index in [1.165, 1.54) is 0 Å². The molecule has 2 atom stereocenters. The van der Waals surface area contributed by atoms with Gasteiger partial charge in [-0.1, -0.05) is 6.92 Å². The molecule has 1 saturated heterocycles. The third kappa shape index (κ3) is 2.50. The highest BCUT2D eigenvalue weighted by molar-refractivity contribution is 5.74. The van der Waals surface area contributed by atoms with Crippen molar-refractivity contribution in [2.45, 2.75) is 25.4 Å². The molecule has 0 aliphatic carbocycles. The van der Waals surface area contributed by atoms with E-state index >= 15 is 0 Å². The van der Waals surface area contributed by atoms with E-state index in [4.69, 9.17) is 4.42 Å². The Labute approximate surface area is 100 Å². The third-order valence-corrected chi connectivity index (χ3v) is 3.23. The van der Waals surface area contributed by atoms with Crippen LogP contribution in [0.25, 0.3) is 0 Å². The summed E-state index contributed by atoms with van der Waals surface area (Å²) < 4.78 is 5.41. The van der Waals surface area contributed by atoms with E-state index < -0.39 is 12.0 Å². The lowest BCUT2D eigenvalue weighted by Gasteiger charge is -2.38. The second kappa shape index (κ2) is 5.33. The Bertz CT molecular complexity index is 364. The van der Waals surface area contributed by atoms with Gasteiger partial charge in [0.15, 0.2) is 0 Å². The van der Waals surface area contributed by atoms with E-state index in [0.29, 0.717) is 6.54 Å². The standard InChI is InChI=1S/C12H18N2O3/c1-2-9(11-4-3-7-17-11)14-6-5-13-8-10(14)12(15)16/h3-4,7,9-10,13H,2,5-6,8H2,1H3,(H,15,16). The number of carbonyl (C=O) groups is 1. The molecular weight excluding hydrogens is 220 g/mol. The van der Waals surface area contributed by atoms with Gasteiger partial charge in [-0.15, -0.1) is 0 Å². The number of aliphatic carboxylic acids is 1. The van der Waals surface area contributed by atoms with Crippen LogP contribution in [-0.4, -0.2) is 41.7 Å². The van der Waals surface area contributed by atoms with Gasteiger partial charge >= 0.3 is 5.97 Å². The molecule has 5 heteroatoms. The van der Waals surface area contributed by atoms with Gasteiger partial charge < -0.3 is 14.8 Å². The molecule has 0 aromatic carbocycles. The minimum Gasteiger partial charge on any atom is -0.480 e. The summed E-state index contributed by atoms with van der Waals surface area (Å²) in [6.07, 6.45) is 2.48. The number of carboxylic acids is 1. The van der Waals surface area contributed by atoms with Gasteiger partial charge in [-0.2, -0.15) is 0 Å². The van der Waals surface area contributed by atoms with Crippen LogP contribution in [0.5, 0.6) is 0 Å². The minimum atomic E-state index is -0.776. The van der Waals surface area contributed by atoms with Gasteiger partial charge in [-0.05, 0) is 18.6 Å². The Morgan fingerprint density at radius 1 is 1.76 bits per heavy atom. The topological polar surface area (TPSA) is 65.7 Å². The summed E-state index contributed by atoms with van der Waals surface area (Å²) in [5, 5.41) is 12.4. The van der Waals surface area contributed by atoms with Crippen LogP contribution in [0, 0.1) is 0 Å². The first-order valence-electron chi connectivity index (χ1n) is 5.96. The Hall–Kier alpha value is -1.33. The number of furan rings is 1. The second-order valence-electron chi connectivity index (χ2n) is 4.24. The molecule has 1 fully saturated rings. The number of nitrogens with zero attached hydrogens (tertiary/aromatic N) is 1. The monoisotopic (exact) mass is 238 g/mol. The predicted octanol–water partition coefficient (Wildman–Crippen LogP) is 1.09. The van der Waals surface area contributed by atoms with Gasteiger partial charge in [0.05, 0.1) is 12.3 Å². The SMILES string of the molecule is CCC(c1ccco1)N1CCNCC1C(=O)O. The molecule has 0 radical (unpaired) electrons. The number of rotatable bonds is 4. The van der Waals surface area contributed by atoms with Gasteiger partial charge in [0, 0.05) is 19.6 Å². The third-order valence-electron chi connectivity index (χ3n) is 3.23. The lowest BCUT2D eigenvalue weighted by atomic mass is 10.1. The van der Waals surface area contributed by atoms with Crippen LogP contribution < -0.4 is 5.32 Å². The number of piperazine rings is 1. The number of hydrogen-bond donors (Lipinski definition) is 2. The molecule has 2 unspecified atom stereocenters. The molecule has 2 N–H and O–H groups in total.